The summed E-state index contributed by atoms with van der Waals surface area (Å²) < 4.78 is 0. The van der Waals surface area contributed by atoms with Crippen LogP contribution in [-0.2, 0) is 0 Å². The lowest BCUT2D eigenvalue weighted by Crippen LogP contribution is -2.33. The van der Waals surface area contributed by atoms with Crippen molar-refractivity contribution in [3.8, 4) is 0 Å². The summed E-state index contributed by atoms with van der Waals surface area (Å²) >= 11 is 0. The molecule has 2 aliphatic rings. The predicted octanol–water partition coefficient (Wildman–Crippen LogP) is 4.92. The Balaban J connectivity index is 1.85. The Kier molecular flexibility index (Phi) is 5.12. The van der Waals surface area contributed by atoms with Crippen molar-refractivity contribution in [2.45, 2.75) is 90.6 Å². The zero-order valence-electron chi connectivity index (χ0n) is 12.5. The Hall–Kier alpha value is -0.0400. The second kappa shape index (κ2) is 6.41. The van der Waals surface area contributed by atoms with Gasteiger partial charge in [-0.15, -0.1) is 0 Å². The SMILES string of the molecule is CCC1(CC(C)O)CCC(C2CCCCC2)CC1. The zero-order chi connectivity index (χ0) is 13.0. The largest absolute Gasteiger partial charge is 0.393 e. The zero-order valence-corrected chi connectivity index (χ0v) is 12.5. The van der Waals surface area contributed by atoms with Gasteiger partial charge in [-0.1, -0.05) is 45.4 Å². The molecule has 0 radical (unpaired) electrons. The molecule has 2 rings (SSSR count). The van der Waals surface area contributed by atoms with Gasteiger partial charge in [-0.25, -0.2) is 0 Å². The molecule has 0 saturated heterocycles. The van der Waals surface area contributed by atoms with Crippen LogP contribution in [0.4, 0.5) is 0 Å². The topological polar surface area (TPSA) is 20.2 Å². The van der Waals surface area contributed by atoms with Crippen molar-refractivity contribution in [2.75, 3.05) is 0 Å². The maximum absolute atomic E-state index is 9.72. The Bertz CT molecular complexity index is 232. The molecule has 18 heavy (non-hydrogen) atoms. The van der Waals surface area contributed by atoms with Crippen molar-refractivity contribution in [1.29, 1.82) is 0 Å². The molecule has 0 aromatic heterocycles. The molecule has 0 heterocycles. The monoisotopic (exact) mass is 252 g/mol. The predicted molar refractivity (Wildman–Crippen MR) is 77.6 cm³/mol. The molecule has 2 aliphatic carbocycles. The van der Waals surface area contributed by atoms with E-state index in [9.17, 15) is 5.11 Å². The highest BCUT2D eigenvalue weighted by Gasteiger charge is 2.37. The number of aliphatic hydroxyl groups excluding tert-OH is 1. The molecular formula is C17H32O. The summed E-state index contributed by atoms with van der Waals surface area (Å²) in [4.78, 5) is 0. The summed E-state index contributed by atoms with van der Waals surface area (Å²) in [6, 6.07) is 0. The summed E-state index contributed by atoms with van der Waals surface area (Å²) in [6.07, 6.45) is 15.2. The summed E-state index contributed by atoms with van der Waals surface area (Å²) in [5, 5.41) is 9.72. The van der Waals surface area contributed by atoms with Crippen LogP contribution in [0.3, 0.4) is 0 Å². The molecule has 0 bridgehead atoms. The first-order valence-corrected chi connectivity index (χ1v) is 8.33. The van der Waals surface area contributed by atoms with Crippen molar-refractivity contribution in [3.05, 3.63) is 0 Å². The Labute approximate surface area is 113 Å². The molecule has 1 heteroatoms. The van der Waals surface area contributed by atoms with Gasteiger partial charge in [0.1, 0.15) is 0 Å². The third-order valence-electron chi connectivity index (χ3n) is 5.89. The fourth-order valence-corrected chi connectivity index (χ4v) is 4.66. The van der Waals surface area contributed by atoms with Crippen molar-refractivity contribution in [1.82, 2.24) is 0 Å². The standard InChI is InChI=1S/C17H32O/c1-3-17(13-14(2)18)11-9-16(10-12-17)15-7-5-4-6-8-15/h14-16,18H,3-13H2,1-2H3. The van der Waals surface area contributed by atoms with Crippen LogP contribution in [0.1, 0.15) is 84.5 Å². The van der Waals surface area contributed by atoms with Gasteiger partial charge >= 0.3 is 0 Å². The van der Waals surface area contributed by atoms with Gasteiger partial charge in [0.05, 0.1) is 6.10 Å². The molecule has 2 fully saturated rings. The maximum Gasteiger partial charge on any atom is 0.0517 e. The molecule has 0 aromatic carbocycles. The van der Waals surface area contributed by atoms with Crippen LogP contribution in [0, 0.1) is 17.3 Å². The van der Waals surface area contributed by atoms with Crippen LogP contribution in [0.5, 0.6) is 0 Å². The third kappa shape index (κ3) is 3.50. The molecule has 1 atom stereocenters. The van der Waals surface area contributed by atoms with Crippen LogP contribution in [-0.4, -0.2) is 11.2 Å². The van der Waals surface area contributed by atoms with Crippen molar-refractivity contribution in [3.63, 3.8) is 0 Å². The summed E-state index contributed by atoms with van der Waals surface area (Å²) in [5.74, 6) is 2.05. The van der Waals surface area contributed by atoms with Gasteiger partial charge in [0.25, 0.3) is 0 Å². The van der Waals surface area contributed by atoms with Gasteiger partial charge in [0.15, 0.2) is 0 Å². The molecule has 0 aromatic rings. The van der Waals surface area contributed by atoms with E-state index in [1.54, 1.807) is 0 Å². The third-order valence-corrected chi connectivity index (χ3v) is 5.89. The summed E-state index contributed by atoms with van der Waals surface area (Å²) in [5.41, 5.74) is 0.472. The highest BCUT2D eigenvalue weighted by atomic mass is 16.3. The fraction of sp³-hybridized carbons (Fsp3) is 1.00. The minimum atomic E-state index is -0.115. The number of hydrogen-bond donors (Lipinski definition) is 1. The van der Waals surface area contributed by atoms with Crippen LogP contribution in [0.2, 0.25) is 0 Å². The minimum Gasteiger partial charge on any atom is -0.393 e. The lowest BCUT2D eigenvalue weighted by atomic mass is 9.62. The molecule has 1 nitrogen and oxygen atoms in total. The summed E-state index contributed by atoms with van der Waals surface area (Å²) in [7, 11) is 0. The van der Waals surface area contributed by atoms with E-state index in [1.807, 2.05) is 6.92 Å². The average molecular weight is 252 g/mol. The molecule has 0 spiro atoms. The first-order chi connectivity index (χ1) is 8.65. The van der Waals surface area contributed by atoms with Crippen LogP contribution in [0.15, 0.2) is 0 Å². The Morgan fingerprint density at radius 3 is 2.06 bits per heavy atom. The van der Waals surface area contributed by atoms with Crippen LogP contribution in [0.25, 0.3) is 0 Å². The number of rotatable bonds is 4. The van der Waals surface area contributed by atoms with E-state index in [0.29, 0.717) is 5.41 Å². The highest BCUT2D eigenvalue weighted by Crippen LogP contribution is 2.48. The van der Waals surface area contributed by atoms with E-state index in [2.05, 4.69) is 6.92 Å². The van der Waals surface area contributed by atoms with Gasteiger partial charge in [0, 0.05) is 0 Å². The number of hydrogen-bond acceptors (Lipinski definition) is 1. The van der Waals surface area contributed by atoms with E-state index in [-0.39, 0.29) is 6.10 Å². The van der Waals surface area contributed by atoms with Crippen LogP contribution >= 0.6 is 0 Å². The van der Waals surface area contributed by atoms with Gasteiger partial charge in [-0.3, -0.25) is 0 Å². The van der Waals surface area contributed by atoms with Gasteiger partial charge < -0.3 is 5.11 Å². The van der Waals surface area contributed by atoms with Crippen molar-refractivity contribution in [2.24, 2.45) is 17.3 Å². The molecule has 2 saturated carbocycles. The Morgan fingerprint density at radius 2 is 1.56 bits per heavy atom. The lowest BCUT2D eigenvalue weighted by Gasteiger charge is -2.43. The second-order valence-electron chi connectivity index (χ2n) is 7.14. The molecule has 1 unspecified atom stereocenters. The smallest absolute Gasteiger partial charge is 0.0517 e. The first kappa shape index (κ1) is 14.4. The Morgan fingerprint density at radius 1 is 1.00 bits per heavy atom. The maximum atomic E-state index is 9.72. The molecule has 0 aliphatic heterocycles. The van der Waals surface area contributed by atoms with Gasteiger partial charge in [-0.2, -0.15) is 0 Å². The average Bonchev–Trinajstić information content (AvgIpc) is 2.40. The van der Waals surface area contributed by atoms with E-state index >= 15 is 0 Å². The van der Waals surface area contributed by atoms with Crippen LogP contribution < -0.4 is 0 Å². The minimum absolute atomic E-state index is 0.115. The fourth-order valence-electron chi connectivity index (χ4n) is 4.66. The highest BCUT2D eigenvalue weighted by molar-refractivity contribution is 4.88. The normalized spacial score (nSPS) is 36.5. The van der Waals surface area contributed by atoms with E-state index in [4.69, 9.17) is 0 Å². The first-order valence-electron chi connectivity index (χ1n) is 8.33. The lowest BCUT2D eigenvalue weighted by molar-refractivity contribution is 0.0453. The van der Waals surface area contributed by atoms with E-state index < -0.39 is 0 Å². The van der Waals surface area contributed by atoms with Crippen molar-refractivity contribution >= 4 is 0 Å². The van der Waals surface area contributed by atoms with Crippen molar-refractivity contribution < 1.29 is 5.11 Å². The van der Waals surface area contributed by atoms with E-state index in [0.717, 1.165) is 18.3 Å². The quantitative estimate of drug-likeness (QED) is 0.752. The molecular weight excluding hydrogens is 220 g/mol. The number of aliphatic hydroxyl groups is 1. The molecule has 0 amide bonds. The molecule has 106 valence electrons. The molecule has 1 N–H and O–H groups in total. The van der Waals surface area contributed by atoms with E-state index in [1.165, 1.54) is 64.2 Å². The summed E-state index contributed by atoms with van der Waals surface area (Å²) in [6.45, 7) is 4.29. The second-order valence-corrected chi connectivity index (χ2v) is 7.14. The van der Waals surface area contributed by atoms with Gasteiger partial charge in [0.2, 0.25) is 0 Å². The van der Waals surface area contributed by atoms with Gasteiger partial charge in [-0.05, 0) is 56.3 Å².